The van der Waals surface area contributed by atoms with Crippen molar-refractivity contribution in [3.05, 3.63) is 0 Å². The van der Waals surface area contributed by atoms with Crippen molar-refractivity contribution in [3.8, 4) is 0 Å². The van der Waals surface area contributed by atoms with Crippen molar-refractivity contribution in [2.75, 3.05) is 0 Å². The van der Waals surface area contributed by atoms with Crippen LogP contribution in [0.3, 0.4) is 0 Å². The summed E-state index contributed by atoms with van der Waals surface area (Å²) < 4.78 is 0.636. The Balaban J connectivity index is 2.53. The summed E-state index contributed by atoms with van der Waals surface area (Å²) in [5, 5.41) is 7.31. The zero-order valence-corrected chi connectivity index (χ0v) is 7.31. The minimum Gasteiger partial charge on any atom is -0.265 e. The molecule has 54 valence electrons. The van der Waals surface area contributed by atoms with E-state index in [2.05, 4.69) is 20.2 Å². The molecule has 0 aromatic heterocycles. The van der Waals surface area contributed by atoms with Gasteiger partial charge in [0.1, 0.15) is 12.1 Å². The molecule has 0 spiro atoms. The minimum atomic E-state index is -0.370. The molecule has 2 aliphatic rings. The van der Waals surface area contributed by atoms with E-state index in [1.807, 2.05) is 22.6 Å². The Labute approximate surface area is 75.2 Å². The average Bonchev–Trinajstić information content (AvgIpc) is 2.35. The highest BCUT2D eigenvalue weighted by Crippen LogP contribution is 2.09. The predicted octanol–water partition coefficient (Wildman–Crippen LogP) is 0.199. The Morgan fingerprint density at radius 3 is 2.82 bits per heavy atom. The van der Waals surface area contributed by atoms with Crippen LogP contribution in [0.1, 0.15) is 0 Å². The Morgan fingerprint density at radius 1 is 1.27 bits per heavy atom. The van der Waals surface area contributed by atoms with Crippen LogP contribution in [0, 0.1) is 0 Å². The predicted molar refractivity (Wildman–Crippen MR) is 49.8 cm³/mol. The number of rotatable bonds is 0. The molecule has 0 unspecified atom stereocenters. The van der Waals surface area contributed by atoms with Gasteiger partial charge in [-0.3, -0.25) is 4.79 Å². The Morgan fingerprint density at radius 2 is 2.09 bits per heavy atom. The lowest BCUT2D eigenvalue weighted by Crippen LogP contribution is -2.26. The van der Waals surface area contributed by atoms with E-state index in [4.69, 9.17) is 0 Å². The topological polar surface area (TPSA) is 66.5 Å². The summed E-state index contributed by atoms with van der Waals surface area (Å²) in [5.41, 5.74) is 0.780. The number of fused-ring (bicyclic) bond motifs is 1. The molecule has 5 nitrogen and oxygen atoms in total. The molecule has 0 aliphatic carbocycles. The maximum Gasteiger partial charge on any atom is 0.301 e. The van der Waals surface area contributed by atoms with Crippen LogP contribution in [-0.2, 0) is 4.79 Å². The van der Waals surface area contributed by atoms with Crippen LogP contribution in [0.2, 0.25) is 0 Å². The molecular weight excluding hydrogens is 259 g/mol. The summed E-state index contributed by atoms with van der Waals surface area (Å²) in [6.07, 6.45) is 1.22. The fourth-order valence-corrected chi connectivity index (χ4v) is 1.25. The van der Waals surface area contributed by atoms with Crippen LogP contribution < -0.4 is 0 Å². The minimum absolute atomic E-state index is 0.247. The van der Waals surface area contributed by atoms with E-state index in [1.165, 1.54) is 6.34 Å². The number of hydrogen-bond acceptors (Lipinski definition) is 4. The van der Waals surface area contributed by atoms with Crippen molar-refractivity contribution in [2.24, 2.45) is 20.2 Å². The van der Waals surface area contributed by atoms with Crippen molar-refractivity contribution < 1.29 is 4.79 Å². The third kappa shape index (κ3) is 0.934. The average molecular weight is 260 g/mol. The maximum absolute atomic E-state index is 10.9. The van der Waals surface area contributed by atoms with E-state index < -0.39 is 0 Å². The zero-order chi connectivity index (χ0) is 7.84. The van der Waals surface area contributed by atoms with Gasteiger partial charge in [0.25, 0.3) is 0 Å². The number of nitrogens with zero attached hydrogens (tertiary/aromatic N) is 4. The molecule has 0 fully saturated rings. The Hall–Kier alpha value is -0.920. The summed E-state index contributed by atoms with van der Waals surface area (Å²) in [4.78, 5) is 18.2. The van der Waals surface area contributed by atoms with Crippen molar-refractivity contribution in [2.45, 2.75) is 0 Å². The quantitative estimate of drug-likeness (QED) is 0.573. The van der Waals surface area contributed by atoms with Gasteiger partial charge in [-0.25, -0.2) is 4.99 Å². The lowest BCUT2D eigenvalue weighted by Gasteiger charge is -1.98. The second-order valence-corrected chi connectivity index (χ2v) is 2.89. The van der Waals surface area contributed by atoms with Gasteiger partial charge in [-0.15, -0.1) is 10.2 Å². The molecule has 0 saturated heterocycles. The first kappa shape index (κ1) is 6.77. The van der Waals surface area contributed by atoms with Crippen molar-refractivity contribution >= 4 is 50.0 Å². The summed E-state index contributed by atoms with van der Waals surface area (Å²) in [5.74, 6) is -0.370. The molecule has 0 saturated carbocycles. The van der Waals surface area contributed by atoms with Crippen molar-refractivity contribution in [1.82, 2.24) is 0 Å². The van der Waals surface area contributed by atoms with E-state index in [9.17, 15) is 4.79 Å². The fraction of sp³-hybridized carbons (Fsp3) is 0. The van der Waals surface area contributed by atoms with Gasteiger partial charge in [0.05, 0.1) is 0 Å². The summed E-state index contributed by atoms with van der Waals surface area (Å²) in [6, 6.07) is 0. The molecule has 0 atom stereocenters. The molecule has 6 heteroatoms. The molecule has 11 heavy (non-hydrogen) atoms. The lowest BCUT2D eigenvalue weighted by molar-refractivity contribution is -0.111. The van der Waals surface area contributed by atoms with E-state index >= 15 is 0 Å². The molecule has 2 heterocycles. The monoisotopic (exact) mass is 260 g/mol. The van der Waals surface area contributed by atoms with E-state index in [0.717, 1.165) is 0 Å². The highest BCUT2D eigenvalue weighted by atomic mass is 127. The second kappa shape index (κ2) is 2.29. The molecule has 0 radical (unpaired) electrons. The molecule has 0 N–H and O–H groups in total. The van der Waals surface area contributed by atoms with Gasteiger partial charge in [0.15, 0.2) is 9.43 Å². The Bertz CT molecular complexity index is 351. The van der Waals surface area contributed by atoms with Crippen molar-refractivity contribution in [1.29, 1.82) is 0 Å². The van der Waals surface area contributed by atoms with Crippen LogP contribution in [0.15, 0.2) is 20.2 Å². The first-order valence-corrected chi connectivity index (χ1v) is 3.83. The second-order valence-electron chi connectivity index (χ2n) is 1.87. The third-order valence-electron chi connectivity index (χ3n) is 1.22. The number of halogens is 1. The molecule has 0 aromatic rings. The number of carbonyl (C=O) groups excluding carboxylic acids is 1. The smallest absolute Gasteiger partial charge is 0.265 e. The van der Waals surface area contributed by atoms with Gasteiger partial charge in [-0.05, 0) is 22.6 Å². The SMILES string of the molecule is O=C1N=CN=C2C(I)=NN=C12. The van der Waals surface area contributed by atoms with Crippen LogP contribution >= 0.6 is 22.6 Å². The largest absolute Gasteiger partial charge is 0.301 e. The third-order valence-corrected chi connectivity index (χ3v) is 1.95. The van der Waals surface area contributed by atoms with Crippen LogP contribution in [-0.4, -0.2) is 27.4 Å². The fourth-order valence-electron chi connectivity index (χ4n) is 0.745. The van der Waals surface area contributed by atoms with Crippen molar-refractivity contribution in [3.63, 3.8) is 0 Å². The summed E-state index contributed by atoms with van der Waals surface area (Å²) in [6.45, 7) is 0. The molecule has 0 aromatic carbocycles. The van der Waals surface area contributed by atoms with E-state index in [1.54, 1.807) is 0 Å². The van der Waals surface area contributed by atoms with Crippen LogP contribution in [0.25, 0.3) is 0 Å². The standard InChI is InChI=1S/C5HIN4O/c6-4-2-3(9-10-4)5(11)8-1-7-2/h1H. The zero-order valence-electron chi connectivity index (χ0n) is 5.15. The van der Waals surface area contributed by atoms with Crippen LogP contribution in [0.4, 0.5) is 0 Å². The van der Waals surface area contributed by atoms with Crippen LogP contribution in [0.5, 0.6) is 0 Å². The highest BCUT2D eigenvalue weighted by molar-refractivity contribution is 14.1. The molecule has 2 rings (SSSR count). The number of amides is 1. The van der Waals surface area contributed by atoms with Gasteiger partial charge in [-0.2, -0.15) is 4.99 Å². The summed E-state index contributed by atoms with van der Waals surface area (Å²) >= 11 is 1.97. The molecule has 2 aliphatic heterocycles. The van der Waals surface area contributed by atoms with Gasteiger partial charge in [-0.1, -0.05) is 0 Å². The van der Waals surface area contributed by atoms with E-state index in [-0.39, 0.29) is 11.6 Å². The van der Waals surface area contributed by atoms with E-state index in [0.29, 0.717) is 9.43 Å². The first-order chi connectivity index (χ1) is 5.29. The lowest BCUT2D eigenvalue weighted by atomic mass is 10.2. The highest BCUT2D eigenvalue weighted by Gasteiger charge is 2.27. The van der Waals surface area contributed by atoms with Gasteiger partial charge in [0, 0.05) is 0 Å². The summed E-state index contributed by atoms with van der Waals surface area (Å²) in [7, 11) is 0. The van der Waals surface area contributed by atoms with Gasteiger partial charge >= 0.3 is 5.91 Å². The number of aliphatic imine (C=N–C) groups is 2. The number of hydrogen-bond donors (Lipinski definition) is 0. The first-order valence-electron chi connectivity index (χ1n) is 2.75. The van der Waals surface area contributed by atoms with Gasteiger partial charge < -0.3 is 0 Å². The normalized spacial score (nSPS) is 20.8. The number of carbonyl (C=O) groups is 1. The molecule has 1 amide bonds. The maximum atomic E-state index is 10.9. The molecular formula is C5HIN4O. The molecule has 0 bridgehead atoms. The van der Waals surface area contributed by atoms with Gasteiger partial charge in [0.2, 0.25) is 0 Å². The Kier molecular flexibility index (Phi) is 1.41.